The predicted octanol–water partition coefficient (Wildman–Crippen LogP) is 0.502. The Morgan fingerprint density at radius 3 is 2.85 bits per heavy atom. The summed E-state index contributed by atoms with van der Waals surface area (Å²) in [6, 6.07) is 0.749. The zero-order chi connectivity index (χ0) is 13.8. The van der Waals surface area contributed by atoms with Crippen molar-refractivity contribution in [1.82, 2.24) is 25.3 Å². The van der Waals surface area contributed by atoms with Crippen molar-refractivity contribution < 1.29 is 4.52 Å². The van der Waals surface area contributed by atoms with Gasteiger partial charge in [0.15, 0.2) is 5.82 Å². The molecule has 6 heteroatoms. The minimum Gasteiger partial charge on any atom is -0.339 e. The molecule has 0 radical (unpaired) electrons. The molecule has 0 aliphatic carbocycles. The molecule has 1 aromatic heterocycles. The van der Waals surface area contributed by atoms with Crippen molar-refractivity contribution in [1.29, 1.82) is 0 Å². The first kappa shape index (κ1) is 14.0. The van der Waals surface area contributed by atoms with E-state index in [1.807, 2.05) is 0 Å². The second-order valence-corrected chi connectivity index (χ2v) is 5.81. The molecule has 0 saturated carbocycles. The molecule has 1 aromatic rings. The van der Waals surface area contributed by atoms with Gasteiger partial charge in [-0.1, -0.05) is 12.1 Å². The summed E-state index contributed by atoms with van der Waals surface area (Å²) in [5.41, 5.74) is 0. The smallest absolute Gasteiger partial charge is 0.226 e. The van der Waals surface area contributed by atoms with Gasteiger partial charge in [-0.2, -0.15) is 4.98 Å². The minimum atomic E-state index is 0.749. The van der Waals surface area contributed by atoms with Crippen LogP contribution in [0.3, 0.4) is 0 Å². The van der Waals surface area contributed by atoms with Crippen molar-refractivity contribution in [2.75, 3.05) is 39.3 Å². The lowest BCUT2D eigenvalue weighted by Crippen LogP contribution is -2.50. The molecule has 0 spiro atoms. The molecular weight excluding hydrogens is 254 g/mol. The standard InChI is InChI=1S/C14H25N5O/c1-2-3-14-16-13(17-20-14)11-18-6-8-19(9-7-18)12-4-5-15-10-12/h12,15H,2-11H2,1H3. The van der Waals surface area contributed by atoms with Crippen LogP contribution in [0.15, 0.2) is 4.52 Å². The molecule has 0 aromatic carbocycles. The number of nitrogens with zero attached hydrogens (tertiary/aromatic N) is 4. The molecule has 1 N–H and O–H groups in total. The summed E-state index contributed by atoms with van der Waals surface area (Å²) in [5.74, 6) is 1.61. The minimum absolute atomic E-state index is 0.749. The number of rotatable bonds is 5. The van der Waals surface area contributed by atoms with Gasteiger partial charge in [0, 0.05) is 45.2 Å². The Morgan fingerprint density at radius 1 is 1.30 bits per heavy atom. The van der Waals surface area contributed by atoms with Crippen LogP contribution >= 0.6 is 0 Å². The number of hydrogen-bond donors (Lipinski definition) is 1. The van der Waals surface area contributed by atoms with E-state index in [0.717, 1.165) is 69.9 Å². The fourth-order valence-corrected chi connectivity index (χ4v) is 3.11. The van der Waals surface area contributed by atoms with Crippen molar-refractivity contribution in [2.45, 2.75) is 38.8 Å². The zero-order valence-corrected chi connectivity index (χ0v) is 12.3. The SMILES string of the molecule is CCCc1nc(CN2CCN(C3CCNC3)CC2)no1. The Balaban J connectivity index is 1.45. The quantitative estimate of drug-likeness (QED) is 0.847. The van der Waals surface area contributed by atoms with Crippen LogP contribution in [0.25, 0.3) is 0 Å². The number of hydrogen-bond acceptors (Lipinski definition) is 6. The molecule has 1 unspecified atom stereocenters. The van der Waals surface area contributed by atoms with Gasteiger partial charge in [-0.3, -0.25) is 9.80 Å². The first-order valence-corrected chi connectivity index (χ1v) is 7.83. The van der Waals surface area contributed by atoms with Crippen molar-refractivity contribution in [3.63, 3.8) is 0 Å². The fourth-order valence-electron chi connectivity index (χ4n) is 3.11. The third-order valence-electron chi connectivity index (χ3n) is 4.30. The molecule has 2 aliphatic rings. The maximum atomic E-state index is 5.24. The average molecular weight is 279 g/mol. The highest BCUT2D eigenvalue weighted by Gasteiger charge is 2.26. The maximum Gasteiger partial charge on any atom is 0.226 e. The molecule has 20 heavy (non-hydrogen) atoms. The van der Waals surface area contributed by atoms with E-state index in [1.54, 1.807) is 0 Å². The van der Waals surface area contributed by atoms with E-state index in [0.29, 0.717) is 0 Å². The van der Waals surface area contributed by atoms with Crippen LogP contribution in [0.1, 0.15) is 31.5 Å². The van der Waals surface area contributed by atoms with Crippen LogP contribution in [-0.4, -0.2) is 65.3 Å². The summed E-state index contributed by atoms with van der Waals surface area (Å²) in [6.07, 6.45) is 3.23. The van der Waals surface area contributed by atoms with Gasteiger partial charge in [-0.05, 0) is 19.4 Å². The van der Waals surface area contributed by atoms with Crippen LogP contribution < -0.4 is 5.32 Å². The lowest BCUT2D eigenvalue weighted by molar-refractivity contribution is 0.0959. The van der Waals surface area contributed by atoms with Gasteiger partial charge in [0.1, 0.15) is 0 Å². The molecule has 2 aliphatic heterocycles. The van der Waals surface area contributed by atoms with Crippen LogP contribution in [0.2, 0.25) is 0 Å². The van der Waals surface area contributed by atoms with Crippen molar-refractivity contribution >= 4 is 0 Å². The molecule has 2 fully saturated rings. The lowest BCUT2D eigenvalue weighted by Gasteiger charge is -2.37. The van der Waals surface area contributed by atoms with Gasteiger partial charge in [-0.15, -0.1) is 0 Å². The lowest BCUT2D eigenvalue weighted by atomic mass is 10.2. The summed E-state index contributed by atoms with van der Waals surface area (Å²) >= 11 is 0. The van der Waals surface area contributed by atoms with Gasteiger partial charge in [-0.25, -0.2) is 0 Å². The second-order valence-electron chi connectivity index (χ2n) is 5.81. The molecule has 3 rings (SSSR count). The zero-order valence-electron chi connectivity index (χ0n) is 12.3. The van der Waals surface area contributed by atoms with E-state index in [9.17, 15) is 0 Å². The first-order valence-electron chi connectivity index (χ1n) is 7.83. The van der Waals surface area contributed by atoms with E-state index in [-0.39, 0.29) is 0 Å². The van der Waals surface area contributed by atoms with Crippen LogP contribution in [0.4, 0.5) is 0 Å². The van der Waals surface area contributed by atoms with Crippen molar-refractivity contribution in [3.05, 3.63) is 11.7 Å². The fraction of sp³-hybridized carbons (Fsp3) is 0.857. The van der Waals surface area contributed by atoms with Crippen LogP contribution in [0.5, 0.6) is 0 Å². The topological polar surface area (TPSA) is 57.4 Å². The van der Waals surface area contributed by atoms with Gasteiger partial charge in [0.05, 0.1) is 6.54 Å². The van der Waals surface area contributed by atoms with E-state index in [4.69, 9.17) is 4.52 Å². The van der Waals surface area contributed by atoms with Gasteiger partial charge in [0.2, 0.25) is 5.89 Å². The first-order chi connectivity index (χ1) is 9.85. The summed E-state index contributed by atoms with van der Waals surface area (Å²) in [6.45, 7) is 9.81. The molecule has 0 amide bonds. The largest absolute Gasteiger partial charge is 0.339 e. The van der Waals surface area contributed by atoms with Crippen LogP contribution in [-0.2, 0) is 13.0 Å². The Labute approximate surface area is 120 Å². The summed E-state index contributed by atoms with van der Waals surface area (Å²) < 4.78 is 5.24. The number of nitrogens with one attached hydrogen (secondary N) is 1. The maximum absolute atomic E-state index is 5.24. The summed E-state index contributed by atoms with van der Waals surface area (Å²) in [5, 5.41) is 7.52. The molecule has 6 nitrogen and oxygen atoms in total. The van der Waals surface area contributed by atoms with Gasteiger partial charge in [0.25, 0.3) is 0 Å². The summed E-state index contributed by atoms with van der Waals surface area (Å²) in [7, 11) is 0. The molecule has 112 valence electrons. The Kier molecular flexibility index (Phi) is 4.65. The predicted molar refractivity (Wildman–Crippen MR) is 76.4 cm³/mol. The average Bonchev–Trinajstić information content (AvgIpc) is 3.12. The molecule has 3 heterocycles. The highest BCUT2D eigenvalue weighted by atomic mass is 16.5. The summed E-state index contributed by atoms with van der Waals surface area (Å²) in [4.78, 5) is 9.50. The monoisotopic (exact) mass is 279 g/mol. The highest BCUT2D eigenvalue weighted by molar-refractivity contribution is 4.89. The Bertz CT molecular complexity index is 407. The van der Waals surface area contributed by atoms with Gasteiger partial charge >= 0.3 is 0 Å². The second kappa shape index (κ2) is 6.65. The Morgan fingerprint density at radius 2 is 2.15 bits per heavy atom. The van der Waals surface area contributed by atoms with E-state index >= 15 is 0 Å². The van der Waals surface area contributed by atoms with Crippen molar-refractivity contribution in [3.8, 4) is 0 Å². The highest BCUT2D eigenvalue weighted by Crippen LogP contribution is 2.13. The van der Waals surface area contributed by atoms with E-state index in [1.165, 1.54) is 13.0 Å². The molecular formula is C14H25N5O. The third-order valence-corrected chi connectivity index (χ3v) is 4.30. The molecule has 1 atom stereocenters. The molecule has 2 saturated heterocycles. The number of aryl methyl sites for hydroxylation is 1. The van der Waals surface area contributed by atoms with Crippen LogP contribution in [0, 0.1) is 0 Å². The normalized spacial score (nSPS) is 25.4. The van der Waals surface area contributed by atoms with Gasteiger partial charge < -0.3 is 9.84 Å². The van der Waals surface area contributed by atoms with Crippen molar-refractivity contribution in [2.24, 2.45) is 0 Å². The Hall–Kier alpha value is -0.980. The van der Waals surface area contributed by atoms with E-state index < -0.39 is 0 Å². The van der Waals surface area contributed by atoms with E-state index in [2.05, 4.69) is 32.2 Å². The third kappa shape index (κ3) is 3.37. The number of piperazine rings is 1. The number of aromatic nitrogens is 2. The molecule has 0 bridgehead atoms.